The summed E-state index contributed by atoms with van der Waals surface area (Å²) in [4.78, 5) is 0. The highest BCUT2D eigenvalue weighted by atomic mass is 16.5. The maximum Gasteiger partial charge on any atom is 0.143 e. The minimum absolute atomic E-state index is 0.203. The Kier molecular flexibility index (Phi) is 2.17. The van der Waals surface area contributed by atoms with Gasteiger partial charge in [0.1, 0.15) is 11.4 Å². The van der Waals surface area contributed by atoms with E-state index in [4.69, 9.17) is 10.3 Å². The van der Waals surface area contributed by atoms with Crippen molar-refractivity contribution in [2.75, 3.05) is 6.54 Å². The van der Waals surface area contributed by atoms with Gasteiger partial charge in [0, 0.05) is 13.0 Å². The lowest BCUT2D eigenvalue weighted by Gasteiger charge is -2.45. The first-order valence-electron chi connectivity index (χ1n) is 5.30. The number of aliphatic hydroxyl groups is 1. The zero-order valence-corrected chi connectivity index (χ0v) is 9.50. The van der Waals surface area contributed by atoms with E-state index in [2.05, 4.69) is 5.16 Å². The summed E-state index contributed by atoms with van der Waals surface area (Å²) in [6.45, 7) is 6.13. The minimum atomic E-state index is -1.01. The molecule has 0 aromatic carbocycles. The number of hydrogen-bond acceptors (Lipinski definition) is 4. The predicted molar refractivity (Wildman–Crippen MR) is 56.3 cm³/mol. The number of nitrogens with zero attached hydrogens (tertiary/aromatic N) is 1. The summed E-state index contributed by atoms with van der Waals surface area (Å²) >= 11 is 0. The van der Waals surface area contributed by atoms with Gasteiger partial charge in [-0.3, -0.25) is 0 Å². The van der Waals surface area contributed by atoms with Gasteiger partial charge in [-0.1, -0.05) is 19.0 Å². The first-order chi connectivity index (χ1) is 6.92. The Bertz CT molecular complexity index is 384. The number of fused-ring (bicyclic) bond motifs is 1. The van der Waals surface area contributed by atoms with Crippen LogP contribution >= 0.6 is 0 Å². The molecule has 0 bridgehead atoms. The zero-order chi connectivity index (χ0) is 11.3. The SMILES string of the molecule is Cc1noc2c1C(O)(CN)C(C)(C)CC2. The zero-order valence-electron chi connectivity index (χ0n) is 9.50. The third-order valence-electron chi connectivity index (χ3n) is 3.74. The van der Waals surface area contributed by atoms with Gasteiger partial charge in [0.25, 0.3) is 0 Å². The largest absolute Gasteiger partial charge is 0.383 e. The summed E-state index contributed by atoms with van der Waals surface area (Å²) in [6.07, 6.45) is 1.69. The monoisotopic (exact) mass is 210 g/mol. The highest BCUT2D eigenvalue weighted by molar-refractivity contribution is 5.34. The van der Waals surface area contributed by atoms with Crippen LogP contribution in [-0.4, -0.2) is 16.8 Å². The number of aromatic nitrogens is 1. The Morgan fingerprint density at radius 3 is 2.80 bits per heavy atom. The van der Waals surface area contributed by atoms with Gasteiger partial charge in [0.2, 0.25) is 0 Å². The molecule has 1 aromatic heterocycles. The maximum atomic E-state index is 10.7. The van der Waals surface area contributed by atoms with Crippen molar-refractivity contribution in [3.05, 3.63) is 17.0 Å². The van der Waals surface area contributed by atoms with Crippen molar-refractivity contribution in [1.82, 2.24) is 5.16 Å². The van der Waals surface area contributed by atoms with Gasteiger partial charge < -0.3 is 15.4 Å². The predicted octanol–water partition coefficient (Wildman–Crippen LogP) is 1.10. The van der Waals surface area contributed by atoms with Crippen molar-refractivity contribution < 1.29 is 9.63 Å². The minimum Gasteiger partial charge on any atom is -0.383 e. The molecule has 0 fully saturated rings. The van der Waals surface area contributed by atoms with E-state index in [1.165, 1.54) is 0 Å². The number of nitrogens with two attached hydrogens (primary N) is 1. The van der Waals surface area contributed by atoms with Gasteiger partial charge in [0.05, 0.1) is 11.3 Å². The molecule has 0 radical (unpaired) electrons. The first-order valence-corrected chi connectivity index (χ1v) is 5.30. The second kappa shape index (κ2) is 3.06. The highest BCUT2D eigenvalue weighted by Crippen LogP contribution is 2.48. The Hall–Kier alpha value is -0.870. The van der Waals surface area contributed by atoms with E-state index in [9.17, 15) is 5.11 Å². The molecule has 1 unspecified atom stereocenters. The molecule has 1 aliphatic rings. The van der Waals surface area contributed by atoms with Gasteiger partial charge in [0.15, 0.2) is 0 Å². The van der Waals surface area contributed by atoms with Crippen LogP contribution in [0.3, 0.4) is 0 Å². The normalized spacial score (nSPS) is 28.9. The third kappa shape index (κ3) is 1.25. The summed E-state index contributed by atoms with van der Waals surface area (Å²) in [5.74, 6) is 0.791. The lowest BCUT2D eigenvalue weighted by Crippen LogP contribution is -2.50. The molecule has 0 amide bonds. The van der Waals surface area contributed by atoms with E-state index < -0.39 is 5.60 Å². The van der Waals surface area contributed by atoms with Crippen LogP contribution in [0.1, 0.15) is 37.3 Å². The van der Waals surface area contributed by atoms with Gasteiger partial charge in [-0.25, -0.2) is 0 Å². The van der Waals surface area contributed by atoms with Crippen molar-refractivity contribution in [2.24, 2.45) is 11.1 Å². The van der Waals surface area contributed by atoms with Gasteiger partial charge in [-0.2, -0.15) is 0 Å². The first kappa shape index (κ1) is 10.6. The van der Waals surface area contributed by atoms with E-state index in [1.807, 2.05) is 20.8 Å². The summed E-state index contributed by atoms with van der Waals surface area (Å²) in [7, 11) is 0. The van der Waals surface area contributed by atoms with Gasteiger partial charge >= 0.3 is 0 Å². The number of rotatable bonds is 1. The smallest absolute Gasteiger partial charge is 0.143 e. The molecule has 84 valence electrons. The molecule has 0 saturated heterocycles. The van der Waals surface area contributed by atoms with Crippen molar-refractivity contribution in [1.29, 1.82) is 0 Å². The van der Waals surface area contributed by atoms with Crippen molar-refractivity contribution in [3.8, 4) is 0 Å². The Morgan fingerprint density at radius 1 is 1.53 bits per heavy atom. The molecule has 3 N–H and O–H groups in total. The Balaban J connectivity index is 2.62. The summed E-state index contributed by atoms with van der Waals surface area (Å²) < 4.78 is 5.21. The van der Waals surface area contributed by atoms with E-state index in [1.54, 1.807) is 0 Å². The molecule has 1 aliphatic carbocycles. The van der Waals surface area contributed by atoms with E-state index in [0.29, 0.717) is 0 Å². The number of hydrogen-bond donors (Lipinski definition) is 2. The molecule has 1 atom stereocenters. The van der Waals surface area contributed by atoms with Crippen LogP contribution in [-0.2, 0) is 12.0 Å². The molecule has 4 nitrogen and oxygen atoms in total. The lowest BCUT2D eigenvalue weighted by atomic mass is 9.64. The van der Waals surface area contributed by atoms with Crippen LogP contribution in [0.15, 0.2) is 4.52 Å². The Labute approximate surface area is 89.4 Å². The van der Waals surface area contributed by atoms with Crippen LogP contribution in [0.4, 0.5) is 0 Å². The van der Waals surface area contributed by atoms with Crippen LogP contribution in [0.5, 0.6) is 0 Å². The van der Waals surface area contributed by atoms with Crippen LogP contribution < -0.4 is 5.73 Å². The van der Waals surface area contributed by atoms with Crippen molar-refractivity contribution >= 4 is 0 Å². The summed E-state index contributed by atoms with van der Waals surface area (Å²) in [6, 6.07) is 0. The number of aryl methyl sites for hydroxylation is 2. The molecule has 1 aromatic rings. The average molecular weight is 210 g/mol. The Morgan fingerprint density at radius 2 is 2.20 bits per heavy atom. The van der Waals surface area contributed by atoms with Crippen LogP contribution in [0, 0.1) is 12.3 Å². The summed E-state index contributed by atoms with van der Waals surface area (Å²) in [5, 5.41) is 14.6. The summed E-state index contributed by atoms with van der Waals surface area (Å²) in [5.41, 5.74) is 6.06. The molecule has 15 heavy (non-hydrogen) atoms. The molecular weight excluding hydrogens is 192 g/mol. The van der Waals surface area contributed by atoms with Crippen molar-refractivity contribution in [2.45, 2.75) is 39.2 Å². The fourth-order valence-electron chi connectivity index (χ4n) is 2.47. The molecule has 0 spiro atoms. The fraction of sp³-hybridized carbons (Fsp3) is 0.727. The van der Waals surface area contributed by atoms with E-state index in [0.717, 1.165) is 29.9 Å². The quantitative estimate of drug-likeness (QED) is 0.728. The standard InChI is InChI=1S/C11H18N2O2/c1-7-9-8(15-13-7)4-5-10(2,3)11(9,14)6-12/h14H,4-6,12H2,1-3H3. The lowest BCUT2D eigenvalue weighted by molar-refractivity contribution is -0.0798. The van der Waals surface area contributed by atoms with Gasteiger partial charge in [-0.15, -0.1) is 0 Å². The highest BCUT2D eigenvalue weighted by Gasteiger charge is 2.50. The molecule has 0 aliphatic heterocycles. The molecule has 4 heteroatoms. The fourth-order valence-corrected chi connectivity index (χ4v) is 2.47. The molecular formula is C11H18N2O2. The van der Waals surface area contributed by atoms with Crippen LogP contribution in [0.25, 0.3) is 0 Å². The topological polar surface area (TPSA) is 72.3 Å². The van der Waals surface area contributed by atoms with E-state index in [-0.39, 0.29) is 12.0 Å². The van der Waals surface area contributed by atoms with E-state index >= 15 is 0 Å². The molecule has 0 saturated carbocycles. The maximum absolute atomic E-state index is 10.7. The molecule has 1 heterocycles. The average Bonchev–Trinajstić information content (AvgIpc) is 2.55. The van der Waals surface area contributed by atoms with Crippen molar-refractivity contribution in [3.63, 3.8) is 0 Å². The van der Waals surface area contributed by atoms with Gasteiger partial charge in [-0.05, 0) is 18.8 Å². The second-order valence-corrected chi connectivity index (χ2v) is 5.01. The second-order valence-electron chi connectivity index (χ2n) is 5.01. The van der Waals surface area contributed by atoms with Crippen LogP contribution in [0.2, 0.25) is 0 Å². The molecule has 2 rings (SSSR count). The third-order valence-corrected chi connectivity index (χ3v) is 3.74.